The van der Waals surface area contributed by atoms with Crippen molar-refractivity contribution in [2.45, 2.75) is 34.1 Å². The lowest BCUT2D eigenvalue weighted by atomic mass is 9.92. The molecule has 94 valence electrons. The number of carbonyl (C=O) groups excluding carboxylic acids is 1. The zero-order valence-electron chi connectivity index (χ0n) is 11.1. The summed E-state index contributed by atoms with van der Waals surface area (Å²) >= 11 is 0. The number of hydrogen-bond acceptors (Lipinski definition) is 2. The molecule has 1 aromatic rings. The normalized spacial score (nSPS) is 10.4. The first kappa shape index (κ1) is 13.7. The summed E-state index contributed by atoms with van der Waals surface area (Å²) in [6.45, 7) is 8.54. The number of rotatable bonds is 4. The number of carbonyl (C=O) groups is 1. The van der Waals surface area contributed by atoms with Crippen LogP contribution in [0.5, 0.6) is 0 Å². The van der Waals surface area contributed by atoms with Gasteiger partial charge in [-0.3, -0.25) is 4.79 Å². The summed E-state index contributed by atoms with van der Waals surface area (Å²) in [5, 5.41) is 11.3. The smallest absolute Gasteiger partial charge is 0.224 e. The van der Waals surface area contributed by atoms with E-state index < -0.39 is 0 Å². The molecule has 17 heavy (non-hydrogen) atoms. The number of nitrogens with one attached hydrogen (secondary N) is 1. The van der Waals surface area contributed by atoms with Crippen LogP contribution in [-0.2, 0) is 11.2 Å². The predicted octanol–water partition coefficient (Wildman–Crippen LogP) is 1.57. The molecule has 0 saturated heterocycles. The van der Waals surface area contributed by atoms with E-state index in [1.54, 1.807) is 0 Å². The molecule has 2 N–H and O–H groups in total. The first-order chi connectivity index (χ1) is 7.97. The van der Waals surface area contributed by atoms with Crippen LogP contribution in [0.1, 0.15) is 27.8 Å². The number of hydrogen-bond donors (Lipinski definition) is 2. The second-order valence-corrected chi connectivity index (χ2v) is 4.49. The Balaban J connectivity index is 2.94. The van der Waals surface area contributed by atoms with Crippen molar-refractivity contribution in [3.05, 3.63) is 33.9 Å². The fourth-order valence-electron chi connectivity index (χ4n) is 1.98. The monoisotopic (exact) mass is 235 g/mol. The van der Waals surface area contributed by atoms with Crippen LogP contribution in [0.15, 0.2) is 6.07 Å². The lowest BCUT2D eigenvalue weighted by Gasteiger charge is -2.15. The third-order valence-corrected chi connectivity index (χ3v) is 3.29. The topological polar surface area (TPSA) is 49.3 Å². The van der Waals surface area contributed by atoms with E-state index in [0.717, 1.165) is 5.56 Å². The number of benzene rings is 1. The van der Waals surface area contributed by atoms with E-state index in [-0.39, 0.29) is 12.5 Å². The summed E-state index contributed by atoms with van der Waals surface area (Å²) in [5.74, 6) is -0.0322. The molecule has 3 heteroatoms. The van der Waals surface area contributed by atoms with Gasteiger partial charge < -0.3 is 10.4 Å². The highest BCUT2D eigenvalue weighted by molar-refractivity contribution is 5.79. The van der Waals surface area contributed by atoms with Crippen molar-refractivity contribution in [2.75, 3.05) is 13.2 Å². The summed E-state index contributed by atoms with van der Waals surface area (Å²) in [5.41, 5.74) is 5.92. The summed E-state index contributed by atoms with van der Waals surface area (Å²) in [6.07, 6.45) is 0.389. The molecule has 1 aromatic carbocycles. The van der Waals surface area contributed by atoms with Crippen molar-refractivity contribution in [3.8, 4) is 0 Å². The lowest BCUT2D eigenvalue weighted by Crippen LogP contribution is -2.28. The molecule has 1 rings (SSSR count). The zero-order chi connectivity index (χ0) is 13.0. The van der Waals surface area contributed by atoms with E-state index in [9.17, 15) is 4.79 Å². The Kier molecular flexibility index (Phi) is 4.70. The summed E-state index contributed by atoms with van der Waals surface area (Å²) < 4.78 is 0. The minimum atomic E-state index is -0.0322. The molecule has 0 aromatic heterocycles. The van der Waals surface area contributed by atoms with Gasteiger partial charge in [-0.05, 0) is 55.5 Å². The minimum Gasteiger partial charge on any atom is -0.395 e. The average molecular weight is 235 g/mol. The lowest BCUT2D eigenvalue weighted by molar-refractivity contribution is -0.120. The largest absolute Gasteiger partial charge is 0.395 e. The van der Waals surface area contributed by atoms with Gasteiger partial charge in [0.1, 0.15) is 0 Å². The highest BCUT2D eigenvalue weighted by Gasteiger charge is 2.11. The van der Waals surface area contributed by atoms with Gasteiger partial charge in [-0.15, -0.1) is 0 Å². The summed E-state index contributed by atoms with van der Waals surface area (Å²) in [7, 11) is 0. The van der Waals surface area contributed by atoms with E-state index in [0.29, 0.717) is 13.0 Å². The molecule has 0 atom stereocenters. The number of aliphatic hydroxyl groups is 1. The Morgan fingerprint density at radius 1 is 1.18 bits per heavy atom. The molecular formula is C14H21NO2. The predicted molar refractivity (Wildman–Crippen MR) is 69.2 cm³/mol. The molecule has 3 nitrogen and oxygen atoms in total. The molecule has 0 aliphatic carbocycles. The second kappa shape index (κ2) is 5.82. The van der Waals surface area contributed by atoms with Crippen LogP contribution in [0.25, 0.3) is 0 Å². The van der Waals surface area contributed by atoms with Crippen molar-refractivity contribution in [1.82, 2.24) is 5.32 Å². The molecule has 1 amide bonds. The SMILES string of the molecule is Cc1cc(C)c(C)c(CC(=O)NCCO)c1C. The Labute approximate surface area is 103 Å². The van der Waals surface area contributed by atoms with Gasteiger partial charge in [-0.25, -0.2) is 0 Å². The molecule has 0 aliphatic heterocycles. The van der Waals surface area contributed by atoms with Gasteiger partial charge >= 0.3 is 0 Å². The van der Waals surface area contributed by atoms with Gasteiger partial charge in [0, 0.05) is 6.54 Å². The van der Waals surface area contributed by atoms with Crippen LogP contribution in [0.3, 0.4) is 0 Å². The van der Waals surface area contributed by atoms with Gasteiger partial charge in [0.15, 0.2) is 0 Å². The molecule has 0 fully saturated rings. The molecule has 0 aliphatic rings. The van der Waals surface area contributed by atoms with Gasteiger partial charge in [0.2, 0.25) is 5.91 Å². The Morgan fingerprint density at radius 3 is 2.18 bits per heavy atom. The van der Waals surface area contributed by atoms with Crippen molar-refractivity contribution < 1.29 is 9.90 Å². The van der Waals surface area contributed by atoms with E-state index in [2.05, 4.69) is 39.1 Å². The second-order valence-electron chi connectivity index (χ2n) is 4.49. The van der Waals surface area contributed by atoms with E-state index in [1.807, 2.05) is 0 Å². The maximum absolute atomic E-state index is 11.7. The summed E-state index contributed by atoms with van der Waals surface area (Å²) in [6, 6.07) is 2.15. The van der Waals surface area contributed by atoms with Crippen molar-refractivity contribution in [1.29, 1.82) is 0 Å². The molecule has 0 radical (unpaired) electrons. The van der Waals surface area contributed by atoms with Crippen LogP contribution in [0, 0.1) is 27.7 Å². The molecular weight excluding hydrogens is 214 g/mol. The molecule has 0 saturated carbocycles. The number of amides is 1. The van der Waals surface area contributed by atoms with Gasteiger partial charge in [-0.2, -0.15) is 0 Å². The van der Waals surface area contributed by atoms with Crippen LogP contribution in [0.4, 0.5) is 0 Å². The quantitative estimate of drug-likeness (QED) is 0.832. The highest BCUT2D eigenvalue weighted by atomic mass is 16.3. The van der Waals surface area contributed by atoms with E-state index >= 15 is 0 Å². The van der Waals surface area contributed by atoms with Crippen LogP contribution < -0.4 is 5.32 Å². The Bertz CT molecular complexity index is 398. The Hall–Kier alpha value is -1.35. The van der Waals surface area contributed by atoms with E-state index in [1.165, 1.54) is 22.3 Å². The van der Waals surface area contributed by atoms with Crippen LogP contribution >= 0.6 is 0 Å². The van der Waals surface area contributed by atoms with Gasteiger partial charge in [0.05, 0.1) is 13.0 Å². The third-order valence-electron chi connectivity index (χ3n) is 3.29. The highest BCUT2D eigenvalue weighted by Crippen LogP contribution is 2.21. The molecule has 0 heterocycles. The molecule has 0 spiro atoms. The van der Waals surface area contributed by atoms with Gasteiger partial charge in [-0.1, -0.05) is 6.07 Å². The first-order valence-electron chi connectivity index (χ1n) is 5.91. The standard InChI is InChI=1S/C14H21NO2/c1-9-7-10(2)12(4)13(11(9)3)8-14(17)15-5-6-16/h7,16H,5-6,8H2,1-4H3,(H,15,17). The number of aryl methyl sites for hydroxylation is 2. The maximum Gasteiger partial charge on any atom is 0.224 e. The van der Waals surface area contributed by atoms with E-state index in [4.69, 9.17) is 5.11 Å². The van der Waals surface area contributed by atoms with Crippen LogP contribution in [-0.4, -0.2) is 24.2 Å². The van der Waals surface area contributed by atoms with Crippen molar-refractivity contribution >= 4 is 5.91 Å². The zero-order valence-corrected chi connectivity index (χ0v) is 11.1. The maximum atomic E-state index is 11.7. The first-order valence-corrected chi connectivity index (χ1v) is 5.91. The minimum absolute atomic E-state index is 0.0173. The fraction of sp³-hybridized carbons (Fsp3) is 0.500. The van der Waals surface area contributed by atoms with Crippen molar-refractivity contribution in [2.24, 2.45) is 0 Å². The molecule has 0 bridgehead atoms. The Morgan fingerprint density at radius 2 is 1.71 bits per heavy atom. The van der Waals surface area contributed by atoms with Crippen molar-refractivity contribution in [3.63, 3.8) is 0 Å². The van der Waals surface area contributed by atoms with Gasteiger partial charge in [0.25, 0.3) is 0 Å². The van der Waals surface area contributed by atoms with Crippen LogP contribution in [0.2, 0.25) is 0 Å². The fourth-order valence-corrected chi connectivity index (χ4v) is 1.98. The third kappa shape index (κ3) is 3.30. The number of aliphatic hydroxyl groups excluding tert-OH is 1. The molecule has 0 unspecified atom stereocenters. The summed E-state index contributed by atoms with van der Waals surface area (Å²) in [4.78, 5) is 11.7. The average Bonchev–Trinajstić information content (AvgIpc) is 2.29.